The fourth-order valence-corrected chi connectivity index (χ4v) is 9.31. The van der Waals surface area contributed by atoms with Gasteiger partial charge >= 0.3 is 0 Å². The van der Waals surface area contributed by atoms with E-state index >= 15 is 8.78 Å². The quantitative estimate of drug-likeness (QED) is 0.539. The van der Waals surface area contributed by atoms with Gasteiger partial charge in [-0.25, -0.2) is 8.78 Å². The zero-order chi connectivity index (χ0) is 29.7. The Morgan fingerprint density at radius 1 is 1.21 bits per heavy atom. The molecule has 1 aromatic carbocycles. The number of allylic oxidation sites excluding steroid dienone is 4. The number of alkyl halides is 1. The highest BCUT2D eigenvalue weighted by Gasteiger charge is 2.79. The summed E-state index contributed by atoms with van der Waals surface area (Å²) < 4.78 is 38.8. The second-order valence-electron chi connectivity index (χ2n) is 13.1. The lowest BCUT2D eigenvalue weighted by Gasteiger charge is -2.62. The predicted octanol–water partition coefficient (Wildman–Crippen LogP) is 4.28. The molecule has 42 heavy (non-hydrogen) atoms. The Balaban J connectivity index is 1.22. The maximum Gasteiger partial charge on any atom is 0.192 e. The van der Waals surface area contributed by atoms with Crippen molar-refractivity contribution in [3.63, 3.8) is 0 Å². The Morgan fingerprint density at radius 3 is 2.71 bits per heavy atom. The standard InChI is InChI=1S/C32H34F2N2O6/c1-29-9-8-21(38)12-24(29)25(33)13-23-22-10-19-15-36(16-20-11-26(41-35-20)18-6-4-3-5-7-18)42-32(19,28(40)17-37)30(22,2)14-27(39)31(23,29)34/h3-9,11,19,22-23,27,37,39H,10,12-17H2,1-2H3/t19-,22-,23-,27-,29-,30-,31-,32-/m0/s1. The summed E-state index contributed by atoms with van der Waals surface area (Å²) in [7, 11) is 0. The smallest absolute Gasteiger partial charge is 0.192 e. The van der Waals surface area contributed by atoms with E-state index in [2.05, 4.69) is 5.16 Å². The first-order chi connectivity index (χ1) is 20.0. The van der Waals surface area contributed by atoms with Crippen LogP contribution in [0.2, 0.25) is 0 Å². The molecule has 10 heteroatoms. The average molecular weight is 581 g/mol. The number of carbonyl (C=O) groups is 2. The lowest BCUT2D eigenvalue weighted by Crippen LogP contribution is -2.69. The maximum atomic E-state index is 17.5. The van der Waals surface area contributed by atoms with Gasteiger partial charge in [0.05, 0.1) is 12.6 Å². The van der Waals surface area contributed by atoms with Crippen molar-refractivity contribution in [2.24, 2.45) is 28.6 Å². The molecule has 8 nitrogen and oxygen atoms in total. The first-order valence-corrected chi connectivity index (χ1v) is 14.5. The van der Waals surface area contributed by atoms with E-state index in [1.807, 2.05) is 30.3 Å². The highest BCUT2D eigenvalue weighted by atomic mass is 19.1. The number of aliphatic hydroxyl groups is 2. The van der Waals surface area contributed by atoms with Crippen LogP contribution in [-0.4, -0.2) is 62.5 Å². The summed E-state index contributed by atoms with van der Waals surface area (Å²) in [6.07, 6.45) is 0.907. The number of halogens is 2. The number of aliphatic hydroxyl groups excluding tert-OH is 2. The van der Waals surface area contributed by atoms with Gasteiger partial charge in [-0.1, -0.05) is 48.5 Å². The molecule has 7 rings (SSSR count). The number of Topliss-reactive ketones (excluding diaryl/α,β-unsaturated/α-hetero) is 1. The lowest BCUT2D eigenvalue weighted by molar-refractivity contribution is -0.267. The number of hydroxylamine groups is 2. The van der Waals surface area contributed by atoms with Crippen LogP contribution in [0.4, 0.5) is 8.78 Å². The number of fused-ring (bicyclic) bond motifs is 7. The van der Waals surface area contributed by atoms with Crippen LogP contribution >= 0.6 is 0 Å². The van der Waals surface area contributed by atoms with Gasteiger partial charge in [0.15, 0.2) is 28.6 Å². The maximum absolute atomic E-state index is 17.5. The van der Waals surface area contributed by atoms with Crippen LogP contribution in [0.1, 0.15) is 45.2 Å². The largest absolute Gasteiger partial charge is 0.390 e. The van der Waals surface area contributed by atoms with Crippen LogP contribution in [-0.2, 0) is 21.0 Å². The van der Waals surface area contributed by atoms with Crippen molar-refractivity contribution in [2.45, 2.75) is 63.4 Å². The van der Waals surface area contributed by atoms with E-state index in [9.17, 15) is 19.8 Å². The van der Waals surface area contributed by atoms with Crippen LogP contribution in [0.5, 0.6) is 0 Å². The monoisotopic (exact) mass is 580 g/mol. The molecule has 1 saturated heterocycles. The van der Waals surface area contributed by atoms with Gasteiger partial charge < -0.3 is 14.7 Å². The van der Waals surface area contributed by atoms with E-state index in [1.54, 1.807) is 25.0 Å². The zero-order valence-electron chi connectivity index (χ0n) is 23.6. The van der Waals surface area contributed by atoms with Gasteiger partial charge in [0.2, 0.25) is 0 Å². The van der Waals surface area contributed by atoms with E-state index < -0.39 is 64.2 Å². The normalized spacial score (nSPS) is 41.0. The van der Waals surface area contributed by atoms with E-state index in [-0.39, 0.29) is 37.2 Å². The number of rotatable bonds is 5. The molecule has 2 saturated carbocycles. The molecule has 0 radical (unpaired) electrons. The third-order valence-corrected chi connectivity index (χ3v) is 11.2. The molecule has 2 N–H and O–H groups in total. The van der Waals surface area contributed by atoms with Gasteiger partial charge in [-0.15, -0.1) is 0 Å². The molecule has 0 unspecified atom stereocenters. The molecule has 4 aliphatic carbocycles. The Morgan fingerprint density at radius 2 is 1.98 bits per heavy atom. The van der Waals surface area contributed by atoms with Crippen molar-refractivity contribution in [3.05, 3.63) is 65.6 Å². The minimum absolute atomic E-state index is 0.0978. The van der Waals surface area contributed by atoms with Crippen molar-refractivity contribution >= 4 is 11.6 Å². The summed E-state index contributed by atoms with van der Waals surface area (Å²) in [5.41, 5.74) is -4.79. The Kier molecular flexibility index (Phi) is 6.10. The zero-order valence-corrected chi connectivity index (χ0v) is 23.6. The molecule has 1 aromatic heterocycles. The number of nitrogens with zero attached hydrogens (tertiary/aromatic N) is 2. The molecule has 8 atom stereocenters. The van der Waals surface area contributed by atoms with Crippen LogP contribution in [0.25, 0.3) is 11.3 Å². The average Bonchev–Trinajstić information content (AvgIpc) is 3.65. The second-order valence-corrected chi connectivity index (χ2v) is 13.1. The number of aromatic nitrogens is 1. The summed E-state index contributed by atoms with van der Waals surface area (Å²) in [5, 5.41) is 27.6. The third kappa shape index (κ3) is 3.43. The van der Waals surface area contributed by atoms with Gasteiger partial charge in [0.1, 0.15) is 18.1 Å². The molecular weight excluding hydrogens is 546 g/mol. The fourth-order valence-electron chi connectivity index (χ4n) is 9.31. The molecular formula is C32H34F2N2O6. The molecule has 2 aromatic rings. The predicted molar refractivity (Wildman–Crippen MR) is 146 cm³/mol. The first kappa shape index (κ1) is 27.8. The highest BCUT2D eigenvalue weighted by Crippen LogP contribution is 2.72. The molecule has 3 fully saturated rings. The van der Waals surface area contributed by atoms with E-state index in [0.29, 0.717) is 24.4 Å². The fraction of sp³-hybridized carbons (Fsp3) is 0.531. The molecule has 5 aliphatic rings. The first-order valence-electron chi connectivity index (χ1n) is 14.5. The third-order valence-electron chi connectivity index (χ3n) is 11.2. The Hall–Kier alpha value is -3.05. The minimum atomic E-state index is -2.24. The van der Waals surface area contributed by atoms with E-state index in [0.717, 1.165) is 5.56 Å². The molecule has 0 bridgehead atoms. The van der Waals surface area contributed by atoms with Crippen molar-refractivity contribution in [1.29, 1.82) is 0 Å². The molecule has 0 spiro atoms. The van der Waals surface area contributed by atoms with E-state index in [1.165, 1.54) is 12.2 Å². The van der Waals surface area contributed by atoms with Crippen LogP contribution < -0.4 is 0 Å². The van der Waals surface area contributed by atoms with Gasteiger partial charge in [-0.05, 0) is 37.3 Å². The molecule has 0 amide bonds. The Labute approximate surface area is 242 Å². The topological polar surface area (TPSA) is 113 Å². The van der Waals surface area contributed by atoms with Crippen molar-refractivity contribution in [2.75, 3.05) is 13.2 Å². The van der Waals surface area contributed by atoms with Gasteiger partial charge in [0, 0.05) is 53.7 Å². The van der Waals surface area contributed by atoms with Crippen molar-refractivity contribution in [3.8, 4) is 11.3 Å². The second kappa shape index (κ2) is 9.22. The number of ketones is 2. The summed E-state index contributed by atoms with van der Waals surface area (Å²) in [5.74, 6) is -2.65. The Bertz CT molecular complexity index is 1520. The molecule has 222 valence electrons. The summed E-state index contributed by atoms with van der Waals surface area (Å²) in [6.45, 7) is 3.11. The van der Waals surface area contributed by atoms with E-state index in [4.69, 9.17) is 9.36 Å². The molecule has 2 heterocycles. The van der Waals surface area contributed by atoms with Gasteiger partial charge in [-0.3, -0.25) is 14.4 Å². The summed E-state index contributed by atoms with van der Waals surface area (Å²) in [4.78, 5) is 32.3. The molecule has 1 aliphatic heterocycles. The van der Waals surface area contributed by atoms with Gasteiger partial charge in [0.25, 0.3) is 0 Å². The summed E-state index contributed by atoms with van der Waals surface area (Å²) in [6, 6.07) is 11.3. The van der Waals surface area contributed by atoms with Crippen molar-refractivity contribution in [1.82, 2.24) is 10.2 Å². The lowest BCUT2D eigenvalue weighted by atomic mass is 9.45. The summed E-state index contributed by atoms with van der Waals surface area (Å²) >= 11 is 0. The number of hydrogen-bond donors (Lipinski definition) is 2. The van der Waals surface area contributed by atoms with Crippen LogP contribution in [0.3, 0.4) is 0 Å². The van der Waals surface area contributed by atoms with Crippen LogP contribution in [0.15, 0.2) is 64.5 Å². The number of carbonyl (C=O) groups excluding carboxylic acids is 2. The van der Waals surface area contributed by atoms with Gasteiger partial charge in [-0.2, -0.15) is 5.06 Å². The SMILES string of the molecule is C[C@]12C=CC(=O)CC1=C(F)C[C@H]1[C@@H]3C[C@H]4CN(Cc5cc(-c6ccccc6)on5)O[C@@]4(C(=O)CO)[C@@]3(C)C[C@H](O)[C@@]12F. The van der Waals surface area contributed by atoms with Crippen LogP contribution in [0, 0.1) is 28.6 Å². The number of benzene rings is 1. The minimum Gasteiger partial charge on any atom is -0.390 e. The number of hydrogen-bond acceptors (Lipinski definition) is 8. The van der Waals surface area contributed by atoms with Crippen molar-refractivity contribution < 1.29 is 37.9 Å². The highest BCUT2D eigenvalue weighted by molar-refractivity contribution is 5.94.